The highest BCUT2D eigenvalue weighted by molar-refractivity contribution is 5.69. The number of carboxylic acid groups (broad SMARTS) is 1. The van der Waals surface area contributed by atoms with Crippen LogP contribution in [0.2, 0.25) is 0 Å². The molecule has 1 aliphatic carbocycles. The van der Waals surface area contributed by atoms with E-state index in [4.69, 9.17) is 14.4 Å². The number of hydrogen-bond donors (Lipinski definition) is 1. The fraction of sp³-hybridized carbons (Fsp3) is 0.321. The van der Waals surface area contributed by atoms with Gasteiger partial charge in [0.05, 0.1) is 13.2 Å². The summed E-state index contributed by atoms with van der Waals surface area (Å²) in [5.74, 6) is 0.386. The number of rotatable bonds is 10. The zero-order valence-electron chi connectivity index (χ0n) is 20.3. The number of carbonyl (C=O) groups is 1. The minimum atomic E-state index is -0.829. The Morgan fingerprint density at radius 1 is 1.17 bits per heavy atom. The quantitative estimate of drug-likeness (QED) is 0.451. The molecular weight excluding hydrogens is 442 g/mol. The molecule has 0 saturated carbocycles. The number of carboxylic acids is 1. The van der Waals surface area contributed by atoms with Gasteiger partial charge in [-0.15, -0.1) is 0 Å². The van der Waals surface area contributed by atoms with Gasteiger partial charge in [0.15, 0.2) is 0 Å². The van der Waals surface area contributed by atoms with E-state index in [2.05, 4.69) is 53.5 Å². The first kappa shape index (κ1) is 24.6. The number of nitrogens with zero attached hydrogens (tertiary/aromatic N) is 3. The van der Waals surface area contributed by atoms with E-state index >= 15 is 0 Å². The molecule has 2 unspecified atom stereocenters. The van der Waals surface area contributed by atoms with Gasteiger partial charge in [-0.1, -0.05) is 66.7 Å². The van der Waals surface area contributed by atoms with E-state index in [0.717, 1.165) is 23.1 Å². The van der Waals surface area contributed by atoms with E-state index in [9.17, 15) is 4.79 Å². The van der Waals surface area contributed by atoms with Crippen LogP contribution in [0.25, 0.3) is 22.8 Å². The summed E-state index contributed by atoms with van der Waals surface area (Å²) in [5.41, 5.74) is 3.92. The molecule has 1 heterocycles. The fourth-order valence-corrected chi connectivity index (χ4v) is 4.50. The highest BCUT2D eigenvalue weighted by Crippen LogP contribution is 2.41. The number of aliphatic carboxylic acids is 1. The molecule has 7 heteroatoms. The van der Waals surface area contributed by atoms with Crippen LogP contribution in [-0.2, 0) is 16.0 Å². The molecule has 1 N–H and O–H groups in total. The number of ether oxygens (including phenoxy) is 1. The first-order valence-electron chi connectivity index (χ1n) is 11.7. The normalized spacial score (nSPS) is 19.4. The van der Waals surface area contributed by atoms with Crippen LogP contribution in [0.3, 0.4) is 0 Å². The summed E-state index contributed by atoms with van der Waals surface area (Å²) in [4.78, 5) is 17.3. The smallest absolute Gasteiger partial charge is 0.317 e. The molecule has 3 aromatic rings. The van der Waals surface area contributed by atoms with E-state index in [-0.39, 0.29) is 17.9 Å². The third kappa shape index (κ3) is 5.93. The Balaban J connectivity index is 1.47. The average Bonchev–Trinajstić information content (AvgIpc) is 3.34. The molecule has 0 fully saturated rings. The summed E-state index contributed by atoms with van der Waals surface area (Å²) >= 11 is 0. The van der Waals surface area contributed by atoms with Crippen LogP contribution in [0, 0.1) is 5.41 Å². The molecule has 7 nitrogen and oxygen atoms in total. The van der Waals surface area contributed by atoms with Gasteiger partial charge in [0.2, 0.25) is 5.82 Å². The van der Waals surface area contributed by atoms with Crippen molar-refractivity contribution in [2.75, 3.05) is 33.9 Å². The minimum Gasteiger partial charge on any atom is -0.480 e. The molecular formula is C28H31N3O4. The molecule has 182 valence electrons. The van der Waals surface area contributed by atoms with Gasteiger partial charge in [0.25, 0.3) is 5.89 Å². The van der Waals surface area contributed by atoms with Crippen molar-refractivity contribution >= 4 is 5.97 Å². The average molecular weight is 474 g/mol. The Bertz CT molecular complexity index is 1210. The number of aromatic nitrogens is 2. The molecule has 0 aliphatic heterocycles. The number of likely N-dealkylation sites (N-methyl/N-ethyl adjacent to an activating group) is 1. The van der Waals surface area contributed by atoms with Crippen LogP contribution >= 0.6 is 0 Å². The van der Waals surface area contributed by atoms with Gasteiger partial charge in [0, 0.05) is 36.1 Å². The molecule has 0 amide bonds. The van der Waals surface area contributed by atoms with Crippen LogP contribution in [-0.4, -0.2) is 60.0 Å². The van der Waals surface area contributed by atoms with Gasteiger partial charge in [-0.25, -0.2) is 0 Å². The van der Waals surface area contributed by atoms with Gasteiger partial charge in [-0.3, -0.25) is 9.69 Å². The summed E-state index contributed by atoms with van der Waals surface area (Å²) in [6.45, 7) is 3.51. The van der Waals surface area contributed by atoms with Gasteiger partial charge >= 0.3 is 5.97 Å². The van der Waals surface area contributed by atoms with Gasteiger partial charge in [-0.2, -0.15) is 4.98 Å². The van der Waals surface area contributed by atoms with Crippen molar-refractivity contribution in [2.45, 2.75) is 19.3 Å². The summed E-state index contributed by atoms with van der Waals surface area (Å²) in [5, 5.41) is 13.1. The van der Waals surface area contributed by atoms with Crippen LogP contribution in [0.1, 0.15) is 24.0 Å². The second-order valence-electron chi connectivity index (χ2n) is 9.29. The third-order valence-corrected chi connectivity index (χ3v) is 6.37. The van der Waals surface area contributed by atoms with Crippen LogP contribution in [0.4, 0.5) is 0 Å². The lowest BCUT2D eigenvalue weighted by molar-refractivity contribution is -0.137. The van der Waals surface area contributed by atoms with Crippen LogP contribution in [0.5, 0.6) is 0 Å². The van der Waals surface area contributed by atoms with Crippen molar-refractivity contribution in [3.63, 3.8) is 0 Å². The maximum Gasteiger partial charge on any atom is 0.317 e. The molecule has 0 bridgehead atoms. The molecule has 4 rings (SSSR count). The second kappa shape index (κ2) is 10.8. The Kier molecular flexibility index (Phi) is 7.58. The maximum absolute atomic E-state index is 10.9. The Morgan fingerprint density at radius 2 is 1.97 bits per heavy atom. The van der Waals surface area contributed by atoms with Crippen molar-refractivity contribution in [2.24, 2.45) is 5.41 Å². The number of hydrogen-bond acceptors (Lipinski definition) is 6. The molecule has 0 spiro atoms. The van der Waals surface area contributed by atoms with E-state index in [1.807, 2.05) is 36.4 Å². The molecule has 1 aliphatic rings. The zero-order chi connectivity index (χ0) is 24.8. The van der Waals surface area contributed by atoms with Crippen molar-refractivity contribution in [1.82, 2.24) is 15.0 Å². The standard InChI is InChI=1S/C28H31N3O4/c1-28(19-34-3)15-5-4-9-24(28)21-10-12-22(13-11-21)27-29-26(30-35-27)23-8-6-7-20(17-23)14-16-31(2)18-25(32)33/h4-13,15,17,24H,14,16,18-19H2,1-3H3,(H,32,33). The van der Waals surface area contributed by atoms with Gasteiger partial charge < -0.3 is 14.4 Å². The Labute approximate surface area is 205 Å². The lowest BCUT2D eigenvalue weighted by atomic mass is 9.71. The lowest BCUT2D eigenvalue weighted by Crippen LogP contribution is -2.28. The largest absolute Gasteiger partial charge is 0.480 e. The van der Waals surface area contributed by atoms with E-state index in [1.54, 1.807) is 19.1 Å². The van der Waals surface area contributed by atoms with Crippen molar-refractivity contribution < 1.29 is 19.2 Å². The summed E-state index contributed by atoms with van der Waals surface area (Å²) in [7, 11) is 3.53. The molecule has 2 aromatic carbocycles. The zero-order valence-corrected chi connectivity index (χ0v) is 20.3. The SMILES string of the molecule is COCC1(C)C=CC=CC1c1ccc(-c2nc(-c3cccc(CCN(C)CC(=O)O)c3)no2)cc1. The van der Waals surface area contributed by atoms with Crippen LogP contribution < -0.4 is 0 Å². The Morgan fingerprint density at radius 3 is 2.71 bits per heavy atom. The lowest BCUT2D eigenvalue weighted by Gasteiger charge is -2.35. The monoisotopic (exact) mass is 473 g/mol. The highest BCUT2D eigenvalue weighted by Gasteiger charge is 2.32. The molecule has 1 aromatic heterocycles. The van der Waals surface area contributed by atoms with Crippen molar-refractivity contribution in [3.8, 4) is 22.8 Å². The second-order valence-corrected chi connectivity index (χ2v) is 9.29. The summed E-state index contributed by atoms with van der Waals surface area (Å²) in [6.07, 6.45) is 9.31. The predicted octanol–water partition coefficient (Wildman–Crippen LogP) is 4.82. The molecule has 0 radical (unpaired) electrons. The number of benzene rings is 2. The molecule has 2 atom stereocenters. The third-order valence-electron chi connectivity index (χ3n) is 6.37. The Hall–Kier alpha value is -3.55. The summed E-state index contributed by atoms with van der Waals surface area (Å²) < 4.78 is 11.1. The van der Waals surface area contributed by atoms with E-state index in [0.29, 0.717) is 24.9 Å². The minimum absolute atomic E-state index is 0.0199. The topological polar surface area (TPSA) is 88.7 Å². The molecule has 35 heavy (non-hydrogen) atoms. The fourth-order valence-electron chi connectivity index (χ4n) is 4.50. The van der Waals surface area contributed by atoms with E-state index in [1.165, 1.54) is 5.56 Å². The van der Waals surface area contributed by atoms with E-state index < -0.39 is 5.97 Å². The first-order chi connectivity index (χ1) is 16.9. The van der Waals surface area contributed by atoms with Crippen LogP contribution in [0.15, 0.2) is 77.4 Å². The number of allylic oxidation sites excluding steroid dienone is 3. The maximum atomic E-state index is 10.9. The van der Waals surface area contributed by atoms with Gasteiger partial charge in [-0.05, 0) is 42.8 Å². The predicted molar refractivity (Wildman–Crippen MR) is 135 cm³/mol. The van der Waals surface area contributed by atoms with Gasteiger partial charge in [0.1, 0.15) is 0 Å². The highest BCUT2D eigenvalue weighted by atomic mass is 16.5. The van der Waals surface area contributed by atoms with Crippen molar-refractivity contribution in [3.05, 3.63) is 84.0 Å². The van der Waals surface area contributed by atoms with Crippen molar-refractivity contribution in [1.29, 1.82) is 0 Å². The molecule has 0 saturated heterocycles. The first-order valence-corrected chi connectivity index (χ1v) is 11.7. The summed E-state index contributed by atoms with van der Waals surface area (Å²) in [6, 6.07) is 16.2. The number of methoxy groups -OCH3 is 1.